The molecule has 0 heterocycles. The Hall–Kier alpha value is -2.75. The quantitative estimate of drug-likeness (QED) is 0.584. The SMILES string of the molecule is O=C1CCC[C@@]1(c1ccccc1)[C@H](/C=C/c1ccccc1)C[N+](=O)[O-]. The number of nitro groups is 1. The Labute approximate surface area is 147 Å². The van der Waals surface area contributed by atoms with Crippen molar-refractivity contribution >= 4 is 11.9 Å². The van der Waals surface area contributed by atoms with Crippen LogP contribution < -0.4 is 0 Å². The highest BCUT2D eigenvalue weighted by molar-refractivity contribution is 5.93. The molecule has 0 radical (unpaired) electrons. The van der Waals surface area contributed by atoms with Gasteiger partial charge in [0.1, 0.15) is 5.78 Å². The van der Waals surface area contributed by atoms with Crippen molar-refractivity contribution in [2.45, 2.75) is 24.7 Å². The zero-order valence-electron chi connectivity index (χ0n) is 14.0. The van der Waals surface area contributed by atoms with Crippen molar-refractivity contribution in [1.29, 1.82) is 0 Å². The van der Waals surface area contributed by atoms with Crippen LogP contribution in [0, 0.1) is 16.0 Å². The summed E-state index contributed by atoms with van der Waals surface area (Å²) in [6, 6.07) is 19.2. The smallest absolute Gasteiger partial charge is 0.211 e. The molecular weight excluding hydrogens is 314 g/mol. The fraction of sp³-hybridized carbons (Fsp3) is 0.286. The van der Waals surface area contributed by atoms with Gasteiger partial charge in [0.25, 0.3) is 0 Å². The second-order valence-corrected chi connectivity index (χ2v) is 6.51. The van der Waals surface area contributed by atoms with E-state index in [4.69, 9.17) is 0 Å². The van der Waals surface area contributed by atoms with Crippen LogP contribution in [0.5, 0.6) is 0 Å². The van der Waals surface area contributed by atoms with Gasteiger partial charge in [-0.2, -0.15) is 0 Å². The van der Waals surface area contributed by atoms with Gasteiger partial charge < -0.3 is 0 Å². The number of carbonyl (C=O) groups is 1. The molecule has 4 heteroatoms. The fourth-order valence-corrected chi connectivity index (χ4v) is 3.87. The highest BCUT2D eigenvalue weighted by Crippen LogP contribution is 2.45. The molecule has 3 rings (SSSR count). The van der Waals surface area contributed by atoms with Crippen LogP contribution in [0.4, 0.5) is 0 Å². The normalized spacial score (nSPS) is 21.5. The maximum atomic E-state index is 12.9. The molecule has 128 valence electrons. The van der Waals surface area contributed by atoms with Crippen LogP contribution in [0.25, 0.3) is 6.08 Å². The van der Waals surface area contributed by atoms with Gasteiger partial charge in [-0.05, 0) is 24.0 Å². The molecule has 0 N–H and O–H groups in total. The Morgan fingerprint density at radius 2 is 1.72 bits per heavy atom. The molecule has 0 amide bonds. The average Bonchev–Trinajstić information content (AvgIpc) is 3.02. The van der Waals surface area contributed by atoms with Gasteiger partial charge in [0, 0.05) is 11.3 Å². The lowest BCUT2D eigenvalue weighted by molar-refractivity contribution is -0.487. The predicted molar refractivity (Wildman–Crippen MR) is 97.8 cm³/mol. The molecule has 0 bridgehead atoms. The van der Waals surface area contributed by atoms with Crippen LogP contribution in [-0.2, 0) is 10.2 Å². The van der Waals surface area contributed by atoms with Crippen molar-refractivity contribution in [1.82, 2.24) is 0 Å². The van der Waals surface area contributed by atoms with Gasteiger partial charge in [0.2, 0.25) is 6.54 Å². The van der Waals surface area contributed by atoms with Gasteiger partial charge in [0.15, 0.2) is 0 Å². The van der Waals surface area contributed by atoms with Crippen molar-refractivity contribution < 1.29 is 9.72 Å². The summed E-state index contributed by atoms with van der Waals surface area (Å²) in [5, 5.41) is 11.3. The van der Waals surface area contributed by atoms with E-state index >= 15 is 0 Å². The topological polar surface area (TPSA) is 60.2 Å². The van der Waals surface area contributed by atoms with E-state index in [1.165, 1.54) is 0 Å². The zero-order chi connectivity index (χ0) is 17.7. The van der Waals surface area contributed by atoms with Crippen LogP contribution in [-0.4, -0.2) is 17.3 Å². The van der Waals surface area contributed by atoms with Crippen molar-refractivity contribution in [3.05, 3.63) is 88.0 Å². The number of carbonyl (C=O) groups excluding carboxylic acids is 1. The molecule has 2 atom stereocenters. The number of nitrogens with zero attached hydrogens (tertiary/aromatic N) is 1. The minimum absolute atomic E-state index is 0.114. The third-order valence-electron chi connectivity index (χ3n) is 5.06. The van der Waals surface area contributed by atoms with Crippen molar-refractivity contribution in [3.8, 4) is 0 Å². The van der Waals surface area contributed by atoms with E-state index in [9.17, 15) is 14.9 Å². The van der Waals surface area contributed by atoms with Crippen molar-refractivity contribution in [3.63, 3.8) is 0 Å². The third kappa shape index (κ3) is 3.53. The molecule has 2 aromatic carbocycles. The Bertz CT molecular complexity index is 770. The van der Waals surface area contributed by atoms with Gasteiger partial charge in [-0.15, -0.1) is 0 Å². The molecule has 1 aliphatic carbocycles. The average molecular weight is 335 g/mol. The Morgan fingerprint density at radius 1 is 1.08 bits per heavy atom. The monoisotopic (exact) mass is 335 g/mol. The minimum atomic E-state index is -0.792. The second-order valence-electron chi connectivity index (χ2n) is 6.51. The molecule has 0 aliphatic heterocycles. The first-order valence-corrected chi connectivity index (χ1v) is 8.57. The first kappa shape index (κ1) is 17.1. The van der Waals surface area contributed by atoms with E-state index in [-0.39, 0.29) is 17.3 Å². The van der Waals surface area contributed by atoms with Crippen molar-refractivity contribution in [2.75, 3.05) is 6.54 Å². The molecular formula is C21H21NO3. The van der Waals surface area contributed by atoms with Crippen LogP contribution in [0.3, 0.4) is 0 Å². The van der Waals surface area contributed by atoms with Gasteiger partial charge >= 0.3 is 0 Å². The van der Waals surface area contributed by atoms with Crippen molar-refractivity contribution in [2.24, 2.45) is 5.92 Å². The largest absolute Gasteiger partial charge is 0.299 e. The van der Waals surface area contributed by atoms with E-state index in [1.54, 1.807) is 0 Å². The fourth-order valence-electron chi connectivity index (χ4n) is 3.87. The molecule has 4 nitrogen and oxygen atoms in total. The molecule has 0 aromatic heterocycles. The molecule has 1 fully saturated rings. The van der Waals surface area contributed by atoms with Crippen LogP contribution >= 0.6 is 0 Å². The van der Waals surface area contributed by atoms with Crippen LogP contribution in [0.1, 0.15) is 30.4 Å². The first-order valence-electron chi connectivity index (χ1n) is 8.57. The Morgan fingerprint density at radius 3 is 2.28 bits per heavy atom. The lowest BCUT2D eigenvalue weighted by atomic mass is 9.68. The van der Waals surface area contributed by atoms with Gasteiger partial charge in [-0.25, -0.2) is 0 Å². The standard InChI is InChI=1S/C21H21NO3/c23-20-12-7-15-21(20,18-10-5-2-6-11-18)19(16-22(24)25)14-13-17-8-3-1-4-9-17/h1-6,8-11,13-14,19H,7,12,15-16H2/b14-13+/t19-,21-/m1/s1. The Kier molecular flexibility index (Phi) is 5.08. The summed E-state index contributed by atoms with van der Waals surface area (Å²) >= 11 is 0. The lowest BCUT2D eigenvalue weighted by Crippen LogP contribution is -2.41. The number of hydrogen-bond acceptors (Lipinski definition) is 3. The number of ketones is 1. The number of benzene rings is 2. The van der Waals surface area contributed by atoms with E-state index in [0.29, 0.717) is 12.8 Å². The summed E-state index contributed by atoms with van der Waals surface area (Å²) in [6.45, 7) is -0.246. The second kappa shape index (κ2) is 7.43. The van der Waals surface area contributed by atoms with Crippen LogP contribution in [0.2, 0.25) is 0 Å². The molecule has 0 unspecified atom stereocenters. The summed E-state index contributed by atoms with van der Waals surface area (Å²) < 4.78 is 0. The summed E-state index contributed by atoms with van der Waals surface area (Å²) in [5.74, 6) is -0.344. The lowest BCUT2D eigenvalue weighted by Gasteiger charge is -2.33. The highest BCUT2D eigenvalue weighted by Gasteiger charge is 2.50. The molecule has 1 saturated carbocycles. The number of hydrogen-bond donors (Lipinski definition) is 0. The molecule has 1 aliphatic rings. The maximum Gasteiger partial charge on any atom is 0.211 e. The summed E-state index contributed by atoms with van der Waals surface area (Å²) in [7, 11) is 0. The van der Waals surface area contributed by atoms with E-state index in [2.05, 4.69) is 0 Å². The van der Waals surface area contributed by atoms with E-state index in [0.717, 1.165) is 17.5 Å². The highest BCUT2D eigenvalue weighted by atomic mass is 16.6. The predicted octanol–water partition coefficient (Wildman–Crippen LogP) is 4.28. The van der Waals surface area contributed by atoms with E-state index < -0.39 is 11.3 Å². The molecule has 0 spiro atoms. The maximum absolute atomic E-state index is 12.9. The van der Waals surface area contributed by atoms with Gasteiger partial charge in [0.05, 0.1) is 11.3 Å². The number of rotatable bonds is 6. The molecule has 0 saturated heterocycles. The zero-order valence-corrected chi connectivity index (χ0v) is 14.0. The molecule has 2 aromatic rings. The summed E-state index contributed by atoms with van der Waals surface area (Å²) in [5.41, 5.74) is 1.08. The summed E-state index contributed by atoms with van der Waals surface area (Å²) in [6.07, 6.45) is 5.68. The summed E-state index contributed by atoms with van der Waals surface area (Å²) in [4.78, 5) is 23.9. The first-order chi connectivity index (χ1) is 12.1. The number of Topliss-reactive ketones (excluding diaryl/α,β-unsaturated/α-hetero) is 1. The Balaban J connectivity index is 2.03. The molecule has 25 heavy (non-hydrogen) atoms. The third-order valence-corrected chi connectivity index (χ3v) is 5.06. The van der Waals surface area contributed by atoms with Gasteiger partial charge in [-0.1, -0.05) is 72.8 Å². The minimum Gasteiger partial charge on any atom is -0.299 e. The van der Waals surface area contributed by atoms with Crippen LogP contribution in [0.15, 0.2) is 66.7 Å². The van der Waals surface area contributed by atoms with E-state index in [1.807, 2.05) is 72.8 Å². The van der Waals surface area contributed by atoms with Gasteiger partial charge in [-0.3, -0.25) is 14.9 Å².